The Labute approximate surface area is 158 Å². The number of para-hydroxylation sites is 1. The van der Waals surface area contributed by atoms with Gasteiger partial charge in [-0.25, -0.2) is 4.98 Å². The number of aromatic nitrogens is 1. The fourth-order valence-corrected chi connectivity index (χ4v) is 3.94. The van der Waals surface area contributed by atoms with Gasteiger partial charge < -0.3 is 14.4 Å². The molecule has 3 rings (SSSR count). The van der Waals surface area contributed by atoms with E-state index >= 15 is 0 Å². The Morgan fingerprint density at radius 2 is 2.04 bits per heavy atom. The van der Waals surface area contributed by atoms with E-state index in [1.54, 1.807) is 4.90 Å². The van der Waals surface area contributed by atoms with Gasteiger partial charge in [-0.2, -0.15) is 0 Å². The summed E-state index contributed by atoms with van der Waals surface area (Å²) in [4.78, 5) is 21.8. The second-order valence-electron chi connectivity index (χ2n) is 6.10. The van der Waals surface area contributed by atoms with Crippen LogP contribution in [0.4, 0.5) is 5.13 Å². The molecule has 1 amide bonds. The molecular formula is C19H25N3O3S. The molecule has 1 aliphatic rings. The molecule has 140 valence electrons. The predicted octanol–water partition coefficient (Wildman–Crippen LogP) is 3.17. The molecule has 0 unspecified atom stereocenters. The second-order valence-corrected chi connectivity index (χ2v) is 7.11. The molecule has 1 aromatic carbocycles. The van der Waals surface area contributed by atoms with Gasteiger partial charge in [-0.3, -0.25) is 9.69 Å². The van der Waals surface area contributed by atoms with Gasteiger partial charge in [0.25, 0.3) is 5.91 Å². The Morgan fingerprint density at radius 1 is 1.23 bits per heavy atom. The highest BCUT2D eigenvalue weighted by molar-refractivity contribution is 7.22. The summed E-state index contributed by atoms with van der Waals surface area (Å²) in [6.45, 7) is 10.4. The maximum Gasteiger partial charge on any atom is 0.298 e. The van der Waals surface area contributed by atoms with Crippen molar-refractivity contribution in [2.24, 2.45) is 0 Å². The predicted molar refractivity (Wildman–Crippen MR) is 104 cm³/mol. The smallest absolute Gasteiger partial charge is 0.298 e. The monoisotopic (exact) mass is 375 g/mol. The minimum atomic E-state index is -0.200. The minimum Gasteiger partial charge on any atom is -0.494 e. The van der Waals surface area contributed by atoms with Crippen LogP contribution in [0.15, 0.2) is 30.2 Å². The summed E-state index contributed by atoms with van der Waals surface area (Å²) in [5.74, 6) is 0.0420. The van der Waals surface area contributed by atoms with E-state index in [0.717, 1.165) is 35.4 Å². The molecule has 0 saturated heterocycles. The third kappa shape index (κ3) is 3.99. The topological polar surface area (TPSA) is 54.9 Å². The molecule has 7 heteroatoms. The van der Waals surface area contributed by atoms with Crippen LogP contribution in [0.25, 0.3) is 10.2 Å². The molecule has 1 aliphatic heterocycles. The summed E-state index contributed by atoms with van der Waals surface area (Å²) in [7, 11) is 0. The number of aryl methyl sites for hydroxylation is 1. The van der Waals surface area contributed by atoms with Gasteiger partial charge in [-0.05, 0) is 31.6 Å². The van der Waals surface area contributed by atoms with Gasteiger partial charge in [0.05, 0.1) is 10.2 Å². The first-order valence-electron chi connectivity index (χ1n) is 8.99. The van der Waals surface area contributed by atoms with Crippen molar-refractivity contribution in [1.29, 1.82) is 0 Å². The molecule has 1 aromatic heterocycles. The maximum atomic E-state index is 13.1. The maximum absolute atomic E-state index is 13.1. The fourth-order valence-electron chi connectivity index (χ4n) is 2.87. The largest absolute Gasteiger partial charge is 0.494 e. The number of hydrogen-bond donors (Lipinski definition) is 0. The number of thiazole rings is 1. The van der Waals surface area contributed by atoms with Crippen LogP contribution in [0.2, 0.25) is 0 Å². The summed E-state index contributed by atoms with van der Waals surface area (Å²) < 4.78 is 11.9. The molecule has 0 atom stereocenters. The van der Waals surface area contributed by atoms with Crippen molar-refractivity contribution in [3.8, 4) is 0 Å². The van der Waals surface area contributed by atoms with Gasteiger partial charge in [0, 0.05) is 13.1 Å². The van der Waals surface area contributed by atoms with Crippen LogP contribution >= 0.6 is 11.3 Å². The first-order valence-corrected chi connectivity index (χ1v) is 9.80. The van der Waals surface area contributed by atoms with Crippen molar-refractivity contribution in [1.82, 2.24) is 9.88 Å². The lowest BCUT2D eigenvalue weighted by atomic mass is 10.2. The number of amides is 1. The van der Waals surface area contributed by atoms with E-state index in [2.05, 4.69) is 18.7 Å². The summed E-state index contributed by atoms with van der Waals surface area (Å²) in [5.41, 5.74) is 2.06. The number of rotatable bonds is 7. The summed E-state index contributed by atoms with van der Waals surface area (Å²) in [5, 5.41) is 0.696. The average Bonchev–Trinajstić information content (AvgIpc) is 3.11. The Balaban J connectivity index is 1.91. The lowest BCUT2D eigenvalue weighted by Gasteiger charge is -2.26. The molecule has 0 saturated carbocycles. The molecule has 0 fully saturated rings. The number of nitrogens with zero attached hydrogens (tertiary/aromatic N) is 3. The van der Waals surface area contributed by atoms with Gasteiger partial charge >= 0.3 is 0 Å². The summed E-state index contributed by atoms with van der Waals surface area (Å²) in [6.07, 6.45) is 1.41. The third-order valence-electron chi connectivity index (χ3n) is 4.48. The standard InChI is InChI=1S/C19H25N3O3S/c1-4-21(5-2)9-10-22(18(23)15-13-24-11-12-25-15)19-20-17-14(3)7-6-8-16(17)26-19/h6-8,13H,4-5,9-12H2,1-3H3. The zero-order chi connectivity index (χ0) is 18.5. The Kier molecular flexibility index (Phi) is 6.11. The number of hydrogen-bond acceptors (Lipinski definition) is 6. The highest BCUT2D eigenvalue weighted by Crippen LogP contribution is 2.31. The molecule has 0 bridgehead atoms. The Hall–Kier alpha value is -2.12. The van der Waals surface area contributed by atoms with Crippen molar-refractivity contribution in [2.75, 3.05) is 44.3 Å². The molecule has 6 nitrogen and oxygen atoms in total. The molecule has 0 aliphatic carbocycles. The zero-order valence-electron chi connectivity index (χ0n) is 15.5. The number of carbonyl (C=O) groups excluding carboxylic acids is 1. The highest BCUT2D eigenvalue weighted by Gasteiger charge is 2.26. The van der Waals surface area contributed by atoms with Crippen LogP contribution in [-0.2, 0) is 14.3 Å². The van der Waals surface area contributed by atoms with Gasteiger partial charge in [-0.1, -0.05) is 37.3 Å². The molecular weight excluding hydrogens is 350 g/mol. The first-order chi connectivity index (χ1) is 12.6. The van der Waals surface area contributed by atoms with Crippen LogP contribution in [0.3, 0.4) is 0 Å². The molecule has 2 heterocycles. The van der Waals surface area contributed by atoms with Crippen molar-refractivity contribution < 1.29 is 14.3 Å². The molecule has 2 aromatic rings. The van der Waals surface area contributed by atoms with Gasteiger partial charge in [0.2, 0.25) is 5.76 Å². The normalized spacial score (nSPS) is 14.1. The minimum absolute atomic E-state index is 0.200. The second kappa shape index (κ2) is 8.51. The molecule has 26 heavy (non-hydrogen) atoms. The molecule has 0 radical (unpaired) electrons. The van der Waals surface area contributed by atoms with Gasteiger partial charge in [0.1, 0.15) is 19.5 Å². The van der Waals surface area contributed by atoms with Crippen LogP contribution in [0.1, 0.15) is 19.4 Å². The van der Waals surface area contributed by atoms with E-state index in [4.69, 9.17) is 14.5 Å². The van der Waals surface area contributed by atoms with E-state index < -0.39 is 0 Å². The lowest BCUT2D eigenvalue weighted by Crippen LogP contribution is -2.40. The Morgan fingerprint density at radius 3 is 2.69 bits per heavy atom. The lowest BCUT2D eigenvalue weighted by molar-refractivity contribution is -0.119. The fraction of sp³-hybridized carbons (Fsp3) is 0.474. The van der Waals surface area contributed by atoms with E-state index in [0.29, 0.717) is 24.9 Å². The number of carbonyl (C=O) groups is 1. The van der Waals surface area contributed by atoms with Gasteiger partial charge in [0.15, 0.2) is 5.13 Å². The SMILES string of the molecule is CCN(CC)CCN(C(=O)C1=COCCO1)c1nc2c(C)cccc2s1. The van der Waals surface area contributed by atoms with E-state index in [9.17, 15) is 4.79 Å². The summed E-state index contributed by atoms with van der Waals surface area (Å²) in [6, 6.07) is 6.09. The van der Waals surface area contributed by atoms with Crippen molar-refractivity contribution in [3.05, 3.63) is 35.8 Å². The van der Waals surface area contributed by atoms with Crippen LogP contribution in [0.5, 0.6) is 0 Å². The Bertz CT molecular complexity index is 798. The molecule has 0 spiro atoms. The van der Waals surface area contributed by atoms with Crippen molar-refractivity contribution >= 4 is 32.6 Å². The van der Waals surface area contributed by atoms with E-state index in [1.807, 2.05) is 25.1 Å². The number of ether oxygens (including phenoxy) is 2. The zero-order valence-corrected chi connectivity index (χ0v) is 16.3. The quantitative estimate of drug-likeness (QED) is 0.744. The van der Waals surface area contributed by atoms with Crippen LogP contribution < -0.4 is 4.90 Å². The number of likely N-dealkylation sites (N-methyl/N-ethyl adjacent to an activating group) is 1. The first kappa shape index (κ1) is 18.7. The third-order valence-corrected chi connectivity index (χ3v) is 5.52. The van der Waals surface area contributed by atoms with Crippen LogP contribution in [-0.4, -0.2) is 55.2 Å². The average molecular weight is 375 g/mol. The van der Waals surface area contributed by atoms with E-state index in [-0.39, 0.29) is 11.7 Å². The number of benzene rings is 1. The number of anilines is 1. The summed E-state index contributed by atoms with van der Waals surface area (Å²) >= 11 is 1.53. The van der Waals surface area contributed by atoms with Crippen LogP contribution in [0, 0.1) is 6.92 Å². The van der Waals surface area contributed by atoms with Crippen molar-refractivity contribution in [2.45, 2.75) is 20.8 Å². The van der Waals surface area contributed by atoms with E-state index in [1.165, 1.54) is 17.6 Å². The number of fused-ring (bicyclic) bond motifs is 1. The van der Waals surface area contributed by atoms with Crippen molar-refractivity contribution in [3.63, 3.8) is 0 Å². The highest BCUT2D eigenvalue weighted by atomic mass is 32.1. The molecule has 0 N–H and O–H groups in total. The van der Waals surface area contributed by atoms with Gasteiger partial charge in [-0.15, -0.1) is 0 Å².